The maximum Gasteiger partial charge on any atom is 0.255 e. The van der Waals surface area contributed by atoms with Crippen LogP contribution in [0.5, 0.6) is 11.5 Å². The Bertz CT molecular complexity index is 503. The van der Waals surface area contributed by atoms with Crippen molar-refractivity contribution in [3.05, 3.63) is 23.8 Å². The highest BCUT2D eigenvalue weighted by molar-refractivity contribution is 5.98. The molecule has 1 fully saturated rings. The van der Waals surface area contributed by atoms with Crippen molar-refractivity contribution in [3.8, 4) is 11.5 Å². The Labute approximate surface area is 117 Å². The fraction of sp³-hybridized carbons (Fsp3) is 0.533. The lowest BCUT2D eigenvalue weighted by Gasteiger charge is -2.23. The first-order valence-corrected chi connectivity index (χ1v) is 7.10. The van der Waals surface area contributed by atoms with Crippen LogP contribution >= 0.6 is 0 Å². The van der Waals surface area contributed by atoms with Gasteiger partial charge in [-0.3, -0.25) is 4.79 Å². The summed E-state index contributed by atoms with van der Waals surface area (Å²) in [5.74, 6) is 1.15. The second-order valence-electron chi connectivity index (χ2n) is 5.28. The molecule has 2 unspecified atom stereocenters. The number of amides is 1. The molecular formula is C15H19NO4. The van der Waals surface area contributed by atoms with Crippen LogP contribution in [0, 0.1) is 5.92 Å². The number of carbonyl (C=O) groups is 1. The van der Waals surface area contributed by atoms with Gasteiger partial charge in [-0.2, -0.15) is 0 Å². The van der Waals surface area contributed by atoms with E-state index in [0.29, 0.717) is 30.3 Å². The average Bonchev–Trinajstić information content (AvgIpc) is 2.93. The molecule has 20 heavy (non-hydrogen) atoms. The zero-order valence-corrected chi connectivity index (χ0v) is 11.3. The molecule has 1 aliphatic carbocycles. The lowest BCUT2D eigenvalue weighted by Crippen LogP contribution is -2.38. The van der Waals surface area contributed by atoms with Gasteiger partial charge in [-0.25, -0.2) is 0 Å². The van der Waals surface area contributed by atoms with Gasteiger partial charge in [0, 0.05) is 18.6 Å². The molecule has 1 aromatic rings. The summed E-state index contributed by atoms with van der Waals surface area (Å²) in [6, 6.07) is 5.39. The van der Waals surface area contributed by atoms with E-state index >= 15 is 0 Å². The van der Waals surface area contributed by atoms with Crippen LogP contribution in [0.1, 0.15) is 29.6 Å². The van der Waals surface area contributed by atoms with Crippen molar-refractivity contribution in [2.45, 2.75) is 25.3 Å². The molecular weight excluding hydrogens is 258 g/mol. The molecule has 108 valence electrons. The molecule has 2 N–H and O–H groups in total. The molecule has 0 aromatic heterocycles. The van der Waals surface area contributed by atoms with Gasteiger partial charge in [-0.1, -0.05) is 12.5 Å². The van der Waals surface area contributed by atoms with Gasteiger partial charge in [0.05, 0.1) is 5.56 Å². The van der Waals surface area contributed by atoms with Gasteiger partial charge in [0.25, 0.3) is 5.91 Å². The Hall–Kier alpha value is -1.75. The number of ether oxygens (including phenoxy) is 2. The summed E-state index contributed by atoms with van der Waals surface area (Å²) in [4.78, 5) is 12.4. The molecule has 1 amide bonds. The summed E-state index contributed by atoms with van der Waals surface area (Å²) in [6.45, 7) is 1.09. The SMILES string of the molecule is O=C(NC1CCCC1CO)c1cccc2c1OCCO2. The van der Waals surface area contributed by atoms with Crippen molar-refractivity contribution in [2.24, 2.45) is 5.92 Å². The highest BCUT2D eigenvalue weighted by Gasteiger charge is 2.29. The number of carbonyl (C=O) groups excluding carboxylic acids is 1. The summed E-state index contributed by atoms with van der Waals surface area (Å²) in [7, 11) is 0. The van der Waals surface area contributed by atoms with E-state index in [4.69, 9.17) is 9.47 Å². The van der Waals surface area contributed by atoms with Gasteiger partial charge in [-0.05, 0) is 25.0 Å². The zero-order chi connectivity index (χ0) is 13.9. The minimum Gasteiger partial charge on any atom is -0.486 e. The molecule has 2 atom stereocenters. The number of hydrogen-bond donors (Lipinski definition) is 2. The van der Waals surface area contributed by atoms with E-state index in [9.17, 15) is 9.90 Å². The number of aliphatic hydroxyl groups is 1. The molecule has 3 rings (SSSR count). The van der Waals surface area contributed by atoms with Crippen molar-refractivity contribution in [1.82, 2.24) is 5.32 Å². The van der Waals surface area contributed by atoms with Crippen LogP contribution in [0.4, 0.5) is 0 Å². The standard InChI is InChI=1S/C15H19NO4/c17-9-10-3-1-5-12(10)16-15(18)11-4-2-6-13-14(11)20-8-7-19-13/h2,4,6,10,12,17H,1,3,5,7-9H2,(H,16,18). The average molecular weight is 277 g/mol. The molecule has 1 aliphatic heterocycles. The minimum absolute atomic E-state index is 0.0489. The fourth-order valence-electron chi connectivity index (χ4n) is 2.94. The van der Waals surface area contributed by atoms with Crippen molar-refractivity contribution in [3.63, 3.8) is 0 Å². The monoisotopic (exact) mass is 277 g/mol. The summed E-state index contributed by atoms with van der Waals surface area (Å²) in [5, 5.41) is 12.3. The quantitative estimate of drug-likeness (QED) is 0.875. The van der Waals surface area contributed by atoms with Crippen molar-refractivity contribution in [1.29, 1.82) is 0 Å². The third kappa shape index (κ3) is 2.45. The Morgan fingerprint density at radius 1 is 1.30 bits per heavy atom. The van der Waals surface area contributed by atoms with E-state index in [1.54, 1.807) is 18.2 Å². The first-order valence-electron chi connectivity index (χ1n) is 7.10. The van der Waals surface area contributed by atoms with E-state index in [1.807, 2.05) is 0 Å². The molecule has 5 nitrogen and oxygen atoms in total. The Kier molecular flexibility index (Phi) is 3.78. The largest absolute Gasteiger partial charge is 0.486 e. The van der Waals surface area contributed by atoms with Gasteiger partial charge < -0.3 is 19.9 Å². The zero-order valence-electron chi connectivity index (χ0n) is 11.3. The third-order valence-corrected chi connectivity index (χ3v) is 4.02. The van der Waals surface area contributed by atoms with Crippen LogP contribution in [0.2, 0.25) is 0 Å². The molecule has 0 spiro atoms. The van der Waals surface area contributed by atoms with Crippen LogP contribution in [-0.4, -0.2) is 36.9 Å². The van der Waals surface area contributed by atoms with Crippen LogP contribution in [0.15, 0.2) is 18.2 Å². The first kappa shape index (κ1) is 13.2. The van der Waals surface area contributed by atoms with Crippen LogP contribution in [-0.2, 0) is 0 Å². The normalized spacial score (nSPS) is 24.4. The molecule has 1 heterocycles. The fourth-order valence-corrected chi connectivity index (χ4v) is 2.94. The minimum atomic E-state index is -0.155. The summed E-state index contributed by atoms with van der Waals surface area (Å²) in [6.07, 6.45) is 2.93. The Morgan fingerprint density at radius 3 is 3.00 bits per heavy atom. The molecule has 0 radical (unpaired) electrons. The highest BCUT2D eigenvalue weighted by Crippen LogP contribution is 2.34. The number of rotatable bonds is 3. The van der Waals surface area contributed by atoms with Gasteiger partial charge in [0.2, 0.25) is 0 Å². The van der Waals surface area contributed by atoms with Gasteiger partial charge >= 0.3 is 0 Å². The lowest BCUT2D eigenvalue weighted by molar-refractivity contribution is 0.0905. The molecule has 1 saturated carbocycles. The highest BCUT2D eigenvalue weighted by atomic mass is 16.6. The smallest absolute Gasteiger partial charge is 0.255 e. The second-order valence-corrected chi connectivity index (χ2v) is 5.28. The number of aliphatic hydroxyl groups excluding tert-OH is 1. The molecule has 0 saturated heterocycles. The Morgan fingerprint density at radius 2 is 2.15 bits per heavy atom. The molecule has 5 heteroatoms. The van der Waals surface area contributed by atoms with Crippen LogP contribution < -0.4 is 14.8 Å². The summed E-state index contributed by atoms with van der Waals surface area (Å²) in [5.41, 5.74) is 0.505. The van der Waals surface area contributed by atoms with Crippen molar-refractivity contribution in [2.75, 3.05) is 19.8 Å². The molecule has 2 aliphatic rings. The molecule has 1 aromatic carbocycles. The van der Waals surface area contributed by atoms with Gasteiger partial charge in [-0.15, -0.1) is 0 Å². The maximum absolute atomic E-state index is 12.4. The van der Waals surface area contributed by atoms with E-state index in [1.165, 1.54) is 0 Å². The van der Waals surface area contributed by atoms with Gasteiger partial charge in [0.1, 0.15) is 13.2 Å². The second kappa shape index (κ2) is 5.71. The number of hydrogen-bond acceptors (Lipinski definition) is 4. The summed E-state index contributed by atoms with van der Waals surface area (Å²) >= 11 is 0. The lowest BCUT2D eigenvalue weighted by atomic mass is 10.0. The van der Waals surface area contributed by atoms with E-state index in [2.05, 4.69) is 5.32 Å². The summed E-state index contributed by atoms with van der Waals surface area (Å²) < 4.78 is 11.0. The first-order chi connectivity index (χ1) is 9.79. The van der Waals surface area contributed by atoms with E-state index < -0.39 is 0 Å². The maximum atomic E-state index is 12.4. The van der Waals surface area contributed by atoms with E-state index in [-0.39, 0.29) is 24.5 Å². The predicted molar refractivity (Wildman–Crippen MR) is 73.1 cm³/mol. The Balaban J connectivity index is 1.77. The predicted octanol–water partition coefficient (Wildman–Crippen LogP) is 1.35. The number of fused-ring (bicyclic) bond motifs is 1. The van der Waals surface area contributed by atoms with Crippen LogP contribution in [0.3, 0.4) is 0 Å². The number of para-hydroxylation sites is 1. The number of nitrogens with one attached hydrogen (secondary N) is 1. The third-order valence-electron chi connectivity index (χ3n) is 4.02. The van der Waals surface area contributed by atoms with Gasteiger partial charge in [0.15, 0.2) is 11.5 Å². The van der Waals surface area contributed by atoms with Crippen LogP contribution in [0.25, 0.3) is 0 Å². The van der Waals surface area contributed by atoms with Crippen molar-refractivity contribution < 1.29 is 19.4 Å². The molecule has 0 bridgehead atoms. The number of benzene rings is 1. The topological polar surface area (TPSA) is 67.8 Å². The van der Waals surface area contributed by atoms with Crippen molar-refractivity contribution >= 4 is 5.91 Å². The van der Waals surface area contributed by atoms with E-state index in [0.717, 1.165) is 19.3 Å².